The van der Waals surface area contributed by atoms with Crippen LogP contribution in [0.5, 0.6) is 0 Å². The average molecular weight is 247 g/mol. The lowest BCUT2D eigenvalue weighted by molar-refractivity contribution is -0.137. The van der Waals surface area contributed by atoms with Gasteiger partial charge in [-0.05, 0) is 37.2 Å². The highest BCUT2D eigenvalue weighted by molar-refractivity contribution is 8.00. The first-order valence-corrected chi connectivity index (χ1v) is 5.90. The second-order valence-electron chi connectivity index (χ2n) is 3.82. The number of hydrogen-bond acceptors (Lipinski definition) is 2. The molecule has 16 heavy (non-hydrogen) atoms. The lowest BCUT2D eigenvalue weighted by atomic mass is 10.1. The SMILES string of the molecule is CNCC1Cc2cc(C(F)(F)F)ccc2S1. The van der Waals surface area contributed by atoms with Crippen molar-refractivity contribution in [2.45, 2.75) is 22.7 Å². The molecule has 1 atom stereocenters. The lowest BCUT2D eigenvalue weighted by Gasteiger charge is -2.07. The first-order chi connectivity index (χ1) is 7.50. The predicted molar refractivity (Wildman–Crippen MR) is 58.7 cm³/mol. The zero-order chi connectivity index (χ0) is 11.8. The van der Waals surface area contributed by atoms with Crippen molar-refractivity contribution in [1.29, 1.82) is 0 Å². The maximum absolute atomic E-state index is 12.5. The van der Waals surface area contributed by atoms with E-state index in [1.807, 2.05) is 7.05 Å². The minimum Gasteiger partial charge on any atom is -0.319 e. The van der Waals surface area contributed by atoms with E-state index in [9.17, 15) is 13.2 Å². The Morgan fingerprint density at radius 1 is 1.44 bits per heavy atom. The summed E-state index contributed by atoms with van der Waals surface area (Å²) >= 11 is 1.65. The maximum Gasteiger partial charge on any atom is 0.416 e. The van der Waals surface area contributed by atoms with Crippen LogP contribution in [0.15, 0.2) is 23.1 Å². The van der Waals surface area contributed by atoms with Gasteiger partial charge in [-0.15, -0.1) is 11.8 Å². The molecule has 0 saturated carbocycles. The second kappa shape index (κ2) is 4.30. The van der Waals surface area contributed by atoms with Gasteiger partial charge in [0, 0.05) is 16.7 Å². The zero-order valence-electron chi connectivity index (χ0n) is 8.77. The van der Waals surface area contributed by atoms with Crippen molar-refractivity contribution in [3.05, 3.63) is 29.3 Å². The van der Waals surface area contributed by atoms with Crippen LogP contribution in [0.25, 0.3) is 0 Å². The van der Waals surface area contributed by atoms with E-state index in [1.54, 1.807) is 17.8 Å². The van der Waals surface area contributed by atoms with E-state index in [-0.39, 0.29) is 0 Å². The standard InChI is InChI=1S/C11H12F3NS/c1-15-6-9-5-7-4-8(11(12,13)14)2-3-10(7)16-9/h2-4,9,15H,5-6H2,1H3. The van der Waals surface area contributed by atoms with Gasteiger partial charge in [0.15, 0.2) is 0 Å². The van der Waals surface area contributed by atoms with Crippen molar-refractivity contribution in [2.75, 3.05) is 13.6 Å². The Balaban J connectivity index is 2.21. The van der Waals surface area contributed by atoms with Crippen molar-refractivity contribution in [2.24, 2.45) is 0 Å². The van der Waals surface area contributed by atoms with Gasteiger partial charge in [-0.1, -0.05) is 0 Å². The van der Waals surface area contributed by atoms with E-state index in [0.29, 0.717) is 11.7 Å². The minimum absolute atomic E-state index is 0.350. The number of alkyl halides is 3. The lowest BCUT2D eigenvalue weighted by Crippen LogP contribution is -2.20. The molecule has 0 spiro atoms. The third-order valence-corrected chi connectivity index (χ3v) is 3.88. The summed E-state index contributed by atoms with van der Waals surface area (Å²) in [6.45, 7) is 0.820. The largest absolute Gasteiger partial charge is 0.416 e. The molecule has 1 aromatic carbocycles. The zero-order valence-corrected chi connectivity index (χ0v) is 9.58. The number of rotatable bonds is 2. The van der Waals surface area contributed by atoms with Crippen LogP contribution in [-0.2, 0) is 12.6 Å². The Labute approximate surface area is 96.4 Å². The van der Waals surface area contributed by atoms with Gasteiger partial charge in [0.05, 0.1) is 5.56 Å². The number of hydrogen-bond donors (Lipinski definition) is 1. The van der Waals surface area contributed by atoms with Gasteiger partial charge in [0.1, 0.15) is 0 Å². The Morgan fingerprint density at radius 3 is 2.81 bits per heavy atom. The minimum atomic E-state index is -4.24. The van der Waals surface area contributed by atoms with Gasteiger partial charge >= 0.3 is 6.18 Å². The Kier molecular flexibility index (Phi) is 3.17. The summed E-state index contributed by atoms with van der Waals surface area (Å²) in [4.78, 5) is 0.980. The molecule has 1 nitrogen and oxygen atoms in total. The normalized spacial score (nSPS) is 19.9. The van der Waals surface area contributed by atoms with Crippen molar-refractivity contribution in [3.8, 4) is 0 Å². The molecule has 1 N–H and O–H groups in total. The van der Waals surface area contributed by atoms with Gasteiger partial charge < -0.3 is 5.32 Å². The summed E-state index contributed by atoms with van der Waals surface area (Å²) in [5.74, 6) is 0. The first-order valence-electron chi connectivity index (χ1n) is 5.02. The molecule has 5 heteroatoms. The molecule has 0 saturated heterocycles. The average Bonchev–Trinajstić information content (AvgIpc) is 2.57. The number of benzene rings is 1. The second-order valence-corrected chi connectivity index (χ2v) is 5.16. The fourth-order valence-corrected chi connectivity index (χ4v) is 3.15. The van der Waals surface area contributed by atoms with Crippen LogP contribution in [0.2, 0.25) is 0 Å². The topological polar surface area (TPSA) is 12.0 Å². The molecule has 0 bridgehead atoms. The quantitative estimate of drug-likeness (QED) is 0.862. The molecule has 1 unspecified atom stereocenters. The van der Waals surface area contributed by atoms with Crippen LogP contribution >= 0.6 is 11.8 Å². The summed E-state index contributed by atoms with van der Waals surface area (Å²) in [7, 11) is 1.85. The van der Waals surface area contributed by atoms with E-state index in [0.717, 1.165) is 23.1 Å². The third-order valence-electron chi connectivity index (χ3n) is 2.56. The molecule has 0 radical (unpaired) electrons. The smallest absolute Gasteiger partial charge is 0.319 e. The number of fused-ring (bicyclic) bond motifs is 1. The molecule has 1 aliphatic heterocycles. The van der Waals surface area contributed by atoms with Crippen molar-refractivity contribution < 1.29 is 13.2 Å². The molecule has 2 rings (SSSR count). The highest BCUT2D eigenvalue weighted by atomic mass is 32.2. The number of thioether (sulfide) groups is 1. The summed E-state index contributed by atoms with van der Waals surface area (Å²) in [6, 6.07) is 4.02. The summed E-state index contributed by atoms with van der Waals surface area (Å²) < 4.78 is 37.4. The molecule has 1 aromatic rings. The number of nitrogens with one attached hydrogen (secondary N) is 1. The molecule has 1 aliphatic rings. The van der Waals surface area contributed by atoms with Crippen molar-refractivity contribution >= 4 is 11.8 Å². The van der Waals surface area contributed by atoms with Crippen LogP contribution in [0, 0.1) is 0 Å². The van der Waals surface area contributed by atoms with E-state index in [4.69, 9.17) is 0 Å². The Bertz CT molecular complexity index is 389. The van der Waals surface area contributed by atoms with Crippen molar-refractivity contribution in [1.82, 2.24) is 5.32 Å². The molecular formula is C11H12F3NS. The van der Waals surface area contributed by atoms with Crippen LogP contribution in [0.3, 0.4) is 0 Å². The molecule has 0 aliphatic carbocycles. The monoisotopic (exact) mass is 247 g/mol. The number of halogens is 3. The van der Waals surface area contributed by atoms with Gasteiger partial charge in [0.2, 0.25) is 0 Å². The Morgan fingerprint density at radius 2 is 2.19 bits per heavy atom. The predicted octanol–water partition coefficient (Wildman–Crippen LogP) is 2.94. The van der Waals surface area contributed by atoms with E-state index in [1.165, 1.54) is 6.07 Å². The third kappa shape index (κ3) is 2.35. The molecule has 1 heterocycles. The van der Waals surface area contributed by atoms with E-state index in [2.05, 4.69) is 5.32 Å². The van der Waals surface area contributed by atoms with E-state index >= 15 is 0 Å². The molecule has 0 aromatic heterocycles. The molecule has 0 amide bonds. The molecule has 88 valence electrons. The first kappa shape index (κ1) is 11.8. The van der Waals surface area contributed by atoms with Crippen LogP contribution in [0.1, 0.15) is 11.1 Å². The molecule has 0 fully saturated rings. The highest BCUT2D eigenvalue weighted by Gasteiger charge is 2.32. The van der Waals surface area contributed by atoms with Gasteiger partial charge in [-0.2, -0.15) is 13.2 Å². The van der Waals surface area contributed by atoms with Crippen molar-refractivity contribution in [3.63, 3.8) is 0 Å². The van der Waals surface area contributed by atoms with Crippen LogP contribution in [-0.4, -0.2) is 18.8 Å². The fourth-order valence-electron chi connectivity index (χ4n) is 1.84. The van der Waals surface area contributed by atoms with Gasteiger partial charge in [0.25, 0.3) is 0 Å². The van der Waals surface area contributed by atoms with Gasteiger partial charge in [-0.25, -0.2) is 0 Å². The maximum atomic E-state index is 12.5. The van der Waals surface area contributed by atoms with Crippen LogP contribution < -0.4 is 5.32 Å². The van der Waals surface area contributed by atoms with Crippen LogP contribution in [0.4, 0.5) is 13.2 Å². The highest BCUT2D eigenvalue weighted by Crippen LogP contribution is 2.40. The van der Waals surface area contributed by atoms with Gasteiger partial charge in [-0.3, -0.25) is 0 Å². The summed E-state index contributed by atoms with van der Waals surface area (Å²) in [6.07, 6.45) is -3.52. The summed E-state index contributed by atoms with van der Waals surface area (Å²) in [5, 5.41) is 3.40. The van der Waals surface area contributed by atoms with E-state index < -0.39 is 11.7 Å². The Hall–Kier alpha value is -0.680. The molecular weight excluding hydrogens is 235 g/mol. The fraction of sp³-hybridized carbons (Fsp3) is 0.455. The summed E-state index contributed by atoms with van der Waals surface area (Å²) in [5.41, 5.74) is 0.275.